The summed E-state index contributed by atoms with van der Waals surface area (Å²) >= 11 is 0. The lowest BCUT2D eigenvalue weighted by Crippen LogP contribution is -2.36. The Morgan fingerprint density at radius 2 is 2.10 bits per heavy atom. The number of hydrogen-bond donors (Lipinski definition) is 4. The molecule has 1 saturated heterocycles. The van der Waals surface area contributed by atoms with Gasteiger partial charge in [-0.15, -0.1) is 0 Å². The van der Waals surface area contributed by atoms with Crippen LogP contribution in [0, 0.1) is 18.8 Å². The van der Waals surface area contributed by atoms with E-state index in [0.29, 0.717) is 12.4 Å². The van der Waals surface area contributed by atoms with Gasteiger partial charge in [-0.3, -0.25) is 10.2 Å². The summed E-state index contributed by atoms with van der Waals surface area (Å²) in [6.45, 7) is 3.20. The summed E-state index contributed by atoms with van der Waals surface area (Å²) in [6, 6.07) is 12.9. The Labute approximate surface area is 173 Å². The second kappa shape index (κ2) is 8.78. The summed E-state index contributed by atoms with van der Waals surface area (Å²) in [5, 5.41) is 5.70. The van der Waals surface area contributed by atoms with E-state index in [1.54, 1.807) is 0 Å². The Kier molecular flexibility index (Phi) is 5.75. The molecule has 2 heterocycles. The number of benzene rings is 2. The summed E-state index contributed by atoms with van der Waals surface area (Å²) in [7, 11) is 0. The van der Waals surface area contributed by atoms with Crippen LogP contribution in [0.1, 0.15) is 27.9 Å². The zero-order chi connectivity index (χ0) is 20.9. The van der Waals surface area contributed by atoms with E-state index in [-0.39, 0.29) is 11.8 Å². The number of carbonyl (C=O) groups excluding carboxylic acids is 1. The monoisotopic (exact) mass is 403 g/mol. The number of rotatable bonds is 5. The third-order valence-electron chi connectivity index (χ3n) is 4.85. The number of ketones is 1. The lowest BCUT2D eigenvalue weighted by atomic mass is 9.97. The van der Waals surface area contributed by atoms with Gasteiger partial charge >= 0.3 is 5.76 Å². The van der Waals surface area contributed by atoms with Gasteiger partial charge in [0, 0.05) is 28.9 Å². The molecule has 0 saturated carbocycles. The molecular weight excluding hydrogens is 382 g/mol. The summed E-state index contributed by atoms with van der Waals surface area (Å²) in [6.07, 6.45) is 0.795. The third kappa shape index (κ3) is 4.49. The Bertz CT molecular complexity index is 1160. The molecule has 8 heteroatoms. The van der Waals surface area contributed by atoms with Crippen LogP contribution in [0.2, 0.25) is 0 Å². The first kappa shape index (κ1) is 19.6. The maximum absolute atomic E-state index is 12.5. The van der Waals surface area contributed by atoms with Crippen LogP contribution >= 0.6 is 0 Å². The van der Waals surface area contributed by atoms with Crippen LogP contribution in [0.4, 0.5) is 5.69 Å². The number of nitrogens with one attached hydrogen (secondary N) is 4. The van der Waals surface area contributed by atoms with E-state index in [1.807, 2.05) is 49.4 Å². The molecule has 30 heavy (non-hydrogen) atoms. The van der Waals surface area contributed by atoms with Crippen molar-refractivity contribution in [3.05, 3.63) is 69.7 Å². The molecule has 1 aromatic heterocycles. The van der Waals surface area contributed by atoms with E-state index in [9.17, 15) is 9.59 Å². The molecule has 1 aliphatic rings. The highest BCUT2D eigenvalue weighted by Crippen LogP contribution is 2.17. The molecule has 1 aliphatic heterocycles. The van der Waals surface area contributed by atoms with Crippen LogP contribution in [0.15, 0.2) is 51.8 Å². The van der Waals surface area contributed by atoms with Crippen molar-refractivity contribution in [1.29, 1.82) is 0 Å². The van der Waals surface area contributed by atoms with Gasteiger partial charge in [-0.05, 0) is 61.4 Å². The fourth-order valence-electron chi connectivity index (χ4n) is 3.28. The maximum atomic E-state index is 12.5. The number of aromatic nitrogens is 2. The molecule has 4 rings (SSSR count). The van der Waals surface area contributed by atoms with Crippen molar-refractivity contribution in [3.63, 3.8) is 0 Å². The number of anilines is 1. The summed E-state index contributed by atoms with van der Waals surface area (Å²) in [4.78, 5) is 27.3. The SMILES string of the molecule is Cc1cc(C#CCNc2ccc(-c3nc(=O)o[nH]3)cc2)ccc1C(=O)C1CCNN1. The first-order chi connectivity index (χ1) is 14.6. The highest BCUT2D eigenvalue weighted by Gasteiger charge is 2.24. The first-order valence-corrected chi connectivity index (χ1v) is 9.62. The topological polar surface area (TPSA) is 112 Å². The Morgan fingerprint density at radius 1 is 1.27 bits per heavy atom. The molecular formula is C22H21N5O3. The van der Waals surface area contributed by atoms with E-state index < -0.39 is 5.76 Å². The van der Waals surface area contributed by atoms with Crippen molar-refractivity contribution in [2.45, 2.75) is 19.4 Å². The fourth-order valence-corrected chi connectivity index (χ4v) is 3.28. The van der Waals surface area contributed by atoms with Gasteiger partial charge in [-0.1, -0.05) is 11.8 Å². The third-order valence-corrected chi connectivity index (χ3v) is 4.85. The van der Waals surface area contributed by atoms with Gasteiger partial charge in [0.2, 0.25) is 0 Å². The normalized spacial score (nSPS) is 15.4. The number of Topliss-reactive ketones (excluding diaryl/α,β-unsaturated/α-hetero) is 1. The Morgan fingerprint density at radius 3 is 2.77 bits per heavy atom. The standard InChI is InChI=1S/C22H21N5O3/c1-14-13-15(4-9-18(14)20(28)19-10-12-24-26-19)3-2-11-23-17-7-5-16(6-8-17)21-25-22(29)30-27-21/h4-9,13,19,23-24,26H,10-12H2,1H3,(H,25,27,29). The van der Waals surface area contributed by atoms with E-state index in [0.717, 1.165) is 40.9 Å². The minimum atomic E-state index is -0.651. The molecule has 8 nitrogen and oxygen atoms in total. The van der Waals surface area contributed by atoms with Crippen molar-refractivity contribution in [2.75, 3.05) is 18.4 Å². The predicted octanol–water partition coefficient (Wildman–Crippen LogP) is 1.85. The number of hydrazine groups is 1. The van der Waals surface area contributed by atoms with Gasteiger partial charge in [-0.25, -0.2) is 10.2 Å². The highest BCUT2D eigenvalue weighted by atomic mass is 16.5. The van der Waals surface area contributed by atoms with E-state index in [2.05, 4.69) is 42.7 Å². The molecule has 152 valence electrons. The van der Waals surface area contributed by atoms with Crippen LogP contribution in [0.5, 0.6) is 0 Å². The molecule has 1 fully saturated rings. The quantitative estimate of drug-likeness (QED) is 0.380. The largest absolute Gasteiger partial charge is 0.460 e. The molecule has 2 aromatic carbocycles. The van der Waals surface area contributed by atoms with Crippen molar-refractivity contribution >= 4 is 11.5 Å². The summed E-state index contributed by atoms with van der Waals surface area (Å²) < 4.78 is 4.58. The molecule has 0 aliphatic carbocycles. The lowest BCUT2D eigenvalue weighted by molar-refractivity contribution is 0.0949. The van der Waals surface area contributed by atoms with Gasteiger partial charge in [0.05, 0.1) is 12.6 Å². The molecule has 1 atom stereocenters. The summed E-state index contributed by atoms with van der Waals surface area (Å²) in [5.74, 6) is 6.05. The number of hydrogen-bond acceptors (Lipinski definition) is 7. The van der Waals surface area contributed by atoms with Crippen LogP contribution < -0.4 is 21.9 Å². The van der Waals surface area contributed by atoms with Crippen molar-refractivity contribution in [2.24, 2.45) is 0 Å². The molecule has 1 unspecified atom stereocenters. The first-order valence-electron chi connectivity index (χ1n) is 9.62. The zero-order valence-electron chi connectivity index (χ0n) is 16.4. The molecule has 0 bridgehead atoms. The van der Waals surface area contributed by atoms with Gasteiger partial charge in [0.25, 0.3) is 0 Å². The summed E-state index contributed by atoms with van der Waals surface area (Å²) in [5.41, 5.74) is 10.2. The van der Waals surface area contributed by atoms with Gasteiger partial charge < -0.3 is 9.84 Å². The van der Waals surface area contributed by atoms with Crippen LogP contribution in [0.3, 0.4) is 0 Å². The number of H-pyrrole nitrogens is 1. The number of carbonyl (C=O) groups is 1. The molecule has 3 aromatic rings. The Balaban J connectivity index is 1.34. The molecule has 0 amide bonds. The predicted molar refractivity (Wildman–Crippen MR) is 113 cm³/mol. The second-order valence-corrected chi connectivity index (χ2v) is 6.97. The minimum Gasteiger partial charge on any atom is -0.374 e. The second-order valence-electron chi connectivity index (χ2n) is 6.97. The maximum Gasteiger partial charge on any atom is 0.460 e. The van der Waals surface area contributed by atoms with Gasteiger partial charge in [0.1, 0.15) is 0 Å². The lowest BCUT2D eigenvalue weighted by Gasteiger charge is -2.10. The number of aryl methyl sites for hydroxylation is 1. The number of nitrogens with zero attached hydrogens (tertiary/aromatic N) is 1. The number of aromatic amines is 1. The molecule has 0 spiro atoms. The van der Waals surface area contributed by atoms with Crippen molar-refractivity contribution in [3.8, 4) is 23.2 Å². The Hall–Kier alpha value is -3.67. The van der Waals surface area contributed by atoms with E-state index in [1.165, 1.54) is 0 Å². The van der Waals surface area contributed by atoms with Crippen LogP contribution in [0.25, 0.3) is 11.4 Å². The van der Waals surface area contributed by atoms with Gasteiger partial charge in [-0.2, -0.15) is 10.1 Å². The molecule has 4 N–H and O–H groups in total. The average molecular weight is 403 g/mol. The van der Waals surface area contributed by atoms with Crippen LogP contribution in [-0.2, 0) is 0 Å². The smallest absolute Gasteiger partial charge is 0.374 e. The zero-order valence-corrected chi connectivity index (χ0v) is 16.4. The fraction of sp³-hybridized carbons (Fsp3) is 0.227. The van der Waals surface area contributed by atoms with E-state index in [4.69, 9.17) is 0 Å². The molecule has 0 radical (unpaired) electrons. The highest BCUT2D eigenvalue weighted by molar-refractivity contribution is 6.01. The van der Waals surface area contributed by atoms with E-state index >= 15 is 0 Å². The van der Waals surface area contributed by atoms with Crippen LogP contribution in [-0.4, -0.2) is 35.1 Å². The van der Waals surface area contributed by atoms with Crippen molar-refractivity contribution in [1.82, 2.24) is 21.0 Å². The minimum absolute atomic E-state index is 0.108. The van der Waals surface area contributed by atoms with Gasteiger partial charge in [0.15, 0.2) is 11.6 Å². The van der Waals surface area contributed by atoms with Crippen molar-refractivity contribution < 1.29 is 9.32 Å². The average Bonchev–Trinajstić information content (AvgIpc) is 3.43.